The standard InChI is InChI=1S/C26H14Br2ClN3O7/c27-16-11-15(12-20-24(34)30-26(36)31(25(20)35)18-8-4-17(29)5-9-18)23(21(28)13-16)39-22(33)10-3-14-1-6-19(7-2-14)32(37)38/h1-13H,(H,30,34,36)/b10-3+,20-12-. The lowest BCUT2D eigenvalue weighted by atomic mass is 10.1. The molecule has 1 fully saturated rings. The first-order valence-electron chi connectivity index (χ1n) is 10.8. The fourth-order valence-corrected chi connectivity index (χ4v) is 4.90. The molecule has 13 heteroatoms. The first-order valence-corrected chi connectivity index (χ1v) is 12.8. The number of hydrogen-bond acceptors (Lipinski definition) is 7. The zero-order valence-electron chi connectivity index (χ0n) is 19.4. The number of barbiturate groups is 1. The summed E-state index contributed by atoms with van der Waals surface area (Å²) in [4.78, 5) is 61.9. The van der Waals surface area contributed by atoms with Gasteiger partial charge in [0.25, 0.3) is 17.5 Å². The van der Waals surface area contributed by atoms with Gasteiger partial charge in [0.05, 0.1) is 15.1 Å². The second kappa shape index (κ2) is 11.7. The molecular formula is C26H14Br2ClN3O7. The third-order valence-corrected chi connectivity index (χ3v) is 6.54. The van der Waals surface area contributed by atoms with Crippen LogP contribution in [0.5, 0.6) is 5.75 Å². The smallest absolute Gasteiger partial charge is 0.336 e. The lowest BCUT2D eigenvalue weighted by molar-refractivity contribution is -0.384. The van der Waals surface area contributed by atoms with Gasteiger partial charge >= 0.3 is 12.0 Å². The van der Waals surface area contributed by atoms with Gasteiger partial charge in [0.1, 0.15) is 5.57 Å². The number of nitrogens with zero attached hydrogens (tertiary/aromatic N) is 2. The Kier molecular flexibility index (Phi) is 8.38. The minimum atomic E-state index is -0.929. The molecule has 0 radical (unpaired) electrons. The second-order valence-corrected chi connectivity index (χ2v) is 10.0. The van der Waals surface area contributed by atoms with Gasteiger partial charge in [-0.2, -0.15) is 0 Å². The van der Waals surface area contributed by atoms with Gasteiger partial charge in [0, 0.05) is 33.3 Å². The summed E-state index contributed by atoms with van der Waals surface area (Å²) in [6.07, 6.45) is 3.72. The first-order chi connectivity index (χ1) is 18.5. The molecule has 1 aliphatic rings. The van der Waals surface area contributed by atoms with E-state index in [9.17, 15) is 29.3 Å². The normalized spacial score (nSPS) is 14.6. The van der Waals surface area contributed by atoms with Crippen LogP contribution in [-0.2, 0) is 14.4 Å². The first kappa shape index (κ1) is 27.9. The topological polar surface area (TPSA) is 136 Å². The lowest BCUT2D eigenvalue weighted by Crippen LogP contribution is -2.54. The number of nitro groups is 1. The van der Waals surface area contributed by atoms with Crippen LogP contribution >= 0.6 is 43.5 Å². The molecule has 1 aliphatic heterocycles. The number of ether oxygens (including phenoxy) is 1. The predicted molar refractivity (Wildman–Crippen MR) is 150 cm³/mol. The molecular weight excluding hydrogens is 662 g/mol. The maximum absolute atomic E-state index is 13.2. The van der Waals surface area contributed by atoms with Crippen molar-refractivity contribution in [3.8, 4) is 5.75 Å². The number of nitro benzene ring substituents is 1. The number of urea groups is 1. The van der Waals surface area contributed by atoms with Crippen LogP contribution in [0.1, 0.15) is 11.1 Å². The number of anilines is 1. The van der Waals surface area contributed by atoms with Gasteiger partial charge in [0.2, 0.25) is 0 Å². The van der Waals surface area contributed by atoms with E-state index < -0.39 is 28.7 Å². The van der Waals surface area contributed by atoms with Gasteiger partial charge in [-0.05, 0) is 82.2 Å². The highest BCUT2D eigenvalue weighted by molar-refractivity contribution is 9.11. The van der Waals surface area contributed by atoms with Crippen molar-refractivity contribution in [2.24, 2.45) is 0 Å². The van der Waals surface area contributed by atoms with E-state index in [1.54, 1.807) is 6.07 Å². The summed E-state index contributed by atoms with van der Waals surface area (Å²) in [6, 6.07) is 13.6. The lowest BCUT2D eigenvalue weighted by Gasteiger charge is -2.26. The number of amides is 4. The molecule has 4 rings (SSSR count). The number of benzene rings is 3. The number of non-ortho nitro benzene ring substituents is 1. The van der Waals surface area contributed by atoms with Gasteiger partial charge in [-0.15, -0.1) is 0 Å². The summed E-state index contributed by atoms with van der Waals surface area (Å²) >= 11 is 12.5. The van der Waals surface area contributed by atoms with Gasteiger partial charge < -0.3 is 4.74 Å². The third-order valence-electron chi connectivity index (χ3n) is 5.24. The molecule has 0 aliphatic carbocycles. The largest absolute Gasteiger partial charge is 0.422 e. The zero-order chi connectivity index (χ0) is 28.3. The maximum atomic E-state index is 13.2. The number of carbonyl (C=O) groups excluding carboxylic acids is 4. The molecule has 0 atom stereocenters. The minimum Gasteiger partial charge on any atom is -0.422 e. The van der Waals surface area contributed by atoms with Crippen LogP contribution in [0.2, 0.25) is 5.02 Å². The van der Waals surface area contributed by atoms with Crippen LogP contribution in [0.4, 0.5) is 16.2 Å². The van der Waals surface area contributed by atoms with Crippen LogP contribution in [0, 0.1) is 10.1 Å². The molecule has 0 spiro atoms. The van der Waals surface area contributed by atoms with Gasteiger partial charge in [-0.3, -0.25) is 25.0 Å². The Bertz CT molecular complexity index is 1590. The van der Waals surface area contributed by atoms with E-state index in [2.05, 4.69) is 37.2 Å². The highest BCUT2D eigenvalue weighted by Gasteiger charge is 2.37. The van der Waals surface area contributed by atoms with Crippen molar-refractivity contribution in [3.63, 3.8) is 0 Å². The quantitative estimate of drug-likeness (QED) is 0.0838. The molecule has 4 amide bonds. The highest BCUT2D eigenvalue weighted by atomic mass is 79.9. The van der Waals surface area contributed by atoms with E-state index in [-0.39, 0.29) is 28.3 Å². The summed E-state index contributed by atoms with van der Waals surface area (Å²) in [5.74, 6) is -2.62. The molecule has 1 heterocycles. The van der Waals surface area contributed by atoms with Crippen LogP contribution in [0.25, 0.3) is 12.2 Å². The molecule has 3 aromatic rings. The van der Waals surface area contributed by atoms with E-state index in [4.69, 9.17) is 16.3 Å². The number of esters is 1. The Labute approximate surface area is 242 Å². The molecule has 0 bridgehead atoms. The number of carbonyl (C=O) groups is 4. The van der Waals surface area contributed by atoms with Crippen molar-refractivity contribution < 1.29 is 28.8 Å². The number of rotatable bonds is 6. The van der Waals surface area contributed by atoms with Crippen LogP contribution in [0.15, 0.2) is 81.3 Å². The van der Waals surface area contributed by atoms with Gasteiger partial charge in [-0.25, -0.2) is 14.5 Å². The van der Waals surface area contributed by atoms with Gasteiger partial charge in [-0.1, -0.05) is 27.5 Å². The molecule has 1 saturated heterocycles. The van der Waals surface area contributed by atoms with Crippen LogP contribution in [0.3, 0.4) is 0 Å². The third kappa shape index (κ3) is 6.48. The van der Waals surface area contributed by atoms with Crippen LogP contribution in [-0.4, -0.2) is 28.7 Å². The summed E-state index contributed by atoms with van der Waals surface area (Å²) < 4.78 is 6.36. The van der Waals surface area contributed by atoms with Crippen molar-refractivity contribution >= 4 is 90.8 Å². The molecule has 0 aromatic heterocycles. The average molecular weight is 676 g/mol. The molecule has 39 heavy (non-hydrogen) atoms. The van der Waals surface area contributed by atoms with Crippen molar-refractivity contribution in [1.29, 1.82) is 0 Å². The number of nitrogens with one attached hydrogen (secondary N) is 1. The maximum Gasteiger partial charge on any atom is 0.336 e. The SMILES string of the molecule is O=C(/C=C/c1ccc([N+](=O)[O-])cc1)Oc1c(Br)cc(Br)cc1/C=C1/C(=O)NC(=O)N(c2ccc(Cl)cc2)C1=O. The number of imide groups is 2. The van der Waals surface area contributed by atoms with Crippen LogP contribution < -0.4 is 15.0 Å². The summed E-state index contributed by atoms with van der Waals surface area (Å²) in [6.45, 7) is 0. The van der Waals surface area contributed by atoms with E-state index in [0.29, 0.717) is 19.5 Å². The molecule has 10 nitrogen and oxygen atoms in total. The Morgan fingerprint density at radius 2 is 1.69 bits per heavy atom. The average Bonchev–Trinajstić information content (AvgIpc) is 2.88. The molecule has 196 valence electrons. The highest BCUT2D eigenvalue weighted by Crippen LogP contribution is 2.35. The van der Waals surface area contributed by atoms with Crippen molar-refractivity contribution in [3.05, 3.63) is 108 Å². The summed E-state index contributed by atoms with van der Waals surface area (Å²) in [7, 11) is 0. The zero-order valence-corrected chi connectivity index (χ0v) is 23.3. The van der Waals surface area contributed by atoms with Crippen molar-refractivity contribution in [1.82, 2.24) is 5.32 Å². The fourth-order valence-electron chi connectivity index (χ4n) is 3.44. The van der Waals surface area contributed by atoms with E-state index in [1.165, 1.54) is 66.7 Å². The van der Waals surface area contributed by atoms with E-state index >= 15 is 0 Å². The minimum absolute atomic E-state index is 0.000377. The Morgan fingerprint density at radius 3 is 2.33 bits per heavy atom. The molecule has 0 saturated carbocycles. The Hall–Kier alpha value is -4.13. The van der Waals surface area contributed by atoms with Crippen molar-refractivity contribution in [2.45, 2.75) is 0 Å². The second-order valence-electron chi connectivity index (χ2n) is 7.84. The Morgan fingerprint density at radius 1 is 1.03 bits per heavy atom. The summed E-state index contributed by atoms with van der Waals surface area (Å²) in [5, 5.41) is 13.3. The Balaban J connectivity index is 1.64. The summed E-state index contributed by atoms with van der Waals surface area (Å²) in [5.41, 5.74) is 0.416. The molecule has 0 unspecified atom stereocenters. The van der Waals surface area contributed by atoms with E-state index in [1.807, 2.05) is 0 Å². The van der Waals surface area contributed by atoms with Crippen molar-refractivity contribution in [2.75, 3.05) is 4.90 Å². The monoisotopic (exact) mass is 673 g/mol. The number of halogens is 3. The fraction of sp³-hybridized carbons (Fsp3) is 0. The van der Waals surface area contributed by atoms with Gasteiger partial charge in [0.15, 0.2) is 5.75 Å². The number of hydrogen-bond donors (Lipinski definition) is 1. The molecule has 1 N–H and O–H groups in total. The molecule has 3 aromatic carbocycles. The van der Waals surface area contributed by atoms with E-state index in [0.717, 1.165) is 11.0 Å². The predicted octanol–water partition coefficient (Wildman–Crippen LogP) is 6.06.